The molecule has 0 aliphatic rings. The zero-order chi connectivity index (χ0) is 14.0. The fourth-order valence-electron chi connectivity index (χ4n) is 1.72. The first-order chi connectivity index (χ1) is 9.04. The third-order valence-electron chi connectivity index (χ3n) is 2.67. The highest BCUT2D eigenvalue weighted by Gasteiger charge is 2.18. The van der Waals surface area contributed by atoms with Gasteiger partial charge in [0.2, 0.25) is 0 Å². The second-order valence-corrected chi connectivity index (χ2v) is 4.39. The van der Waals surface area contributed by atoms with Crippen LogP contribution in [0.25, 0.3) is 5.69 Å². The molecule has 0 aliphatic heterocycles. The van der Waals surface area contributed by atoms with Gasteiger partial charge in [-0.15, -0.1) is 0 Å². The van der Waals surface area contributed by atoms with Gasteiger partial charge in [0.05, 0.1) is 12.3 Å². The van der Waals surface area contributed by atoms with Gasteiger partial charge in [0.25, 0.3) is 5.56 Å². The monoisotopic (exact) mass is 280 g/mol. The third-order valence-corrected chi connectivity index (χ3v) is 2.90. The number of rotatable bonds is 3. The Kier molecular flexibility index (Phi) is 3.76. The lowest BCUT2D eigenvalue weighted by atomic mass is 10.3. The van der Waals surface area contributed by atoms with Gasteiger partial charge in [0.1, 0.15) is 5.69 Å². The Morgan fingerprint density at radius 2 is 2.21 bits per heavy atom. The van der Waals surface area contributed by atoms with Crippen LogP contribution < -0.4 is 5.56 Å². The maximum atomic E-state index is 12.1. The van der Waals surface area contributed by atoms with Crippen molar-refractivity contribution in [2.45, 2.75) is 13.8 Å². The quantitative estimate of drug-likeness (QED) is 0.878. The number of carbonyl (C=O) groups is 1. The molecule has 0 spiro atoms. The van der Waals surface area contributed by atoms with Crippen molar-refractivity contribution in [2.24, 2.45) is 0 Å². The van der Waals surface area contributed by atoms with E-state index in [2.05, 4.69) is 5.10 Å². The highest BCUT2D eigenvalue weighted by molar-refractivity contribution is 6.30. The average Bonchev–Trinajstić information content (AvgIpc) is 2.67. The molecular weight excluding hydrogens is 268 g/mol. The topological polar surface area (TPSA) is 64.1 Å². The Labute approximate surface area is 114 Å². The highest BCUT2D eigenvalue weighted by atomic mass is 35.5. The van der Waals surface area contributed by atoms with Crippen molar-refractivity contribution in [3.8, 4) is 5.69 Å². The number of H-pyrrole nitrogens is 1. The molecule has 0 radical (unpaired) electrons. The van der Waals surface area contributed by atoms with Crippen LogP contribution in [-0.4, -0.2) is 22.4 Å². The predicted molar refractivity (Wildman–Crippen MR) is 72.1 cm³/mol. The normalized spacial score (nSPS) is 10.5. The van der Waals surface area contributed by atoms with Crippen LogP contribution in [0.1, 0.15) is 23.0 Å². The Balaban J connectivity index is 2.52. The van der Waals surface area contributed by atoms with Gasteiger partial charge >= 0.3 is 5.97 Å². The molecule has 0 unspecified atom stereocenters. The standard InChI is InChI=1S/C13H13ClN2O3/c1-3-19-13(18)11-8(2)12(17)16(15-11)10-6-4-5-9(14)7-10/h4-7,15H,3H2,1-2H3. The van der Waals surface area contributed by atoms with Gasteiger partial charge < -0.3 is 4.74 Å². The average molecular weight is 281 g/mol. The van der Waals surface area contributed by atoms with Crippen LogP contribution >= 0.6 is 11.6 Å². The van der Waals surface area contributed by atoms with Crippen molar-refractivity contribution in [3.05, 3.63) is 50.9 Å². The molecule has 5 nitrogen and oxygen atoms in total. The summed E-state index contributed by atoms with van der Waals surface area (Å²) in [4.78, 5) is 23.8. The van der Waals surface area contributed by atoms with E-state index in [1.54, 1.807) is 38.1 Å². The van der Waals surface area contributed by atoms with Crippen molar-refractivity contribution in [1.29, 1.82) is 0 Å². The zero-order valence-corrected chi connectivity index (χ0v) is 11.3. The molecule has 1 aromatic carbocycles. The molecule has 0 atom stereocenters. The maximum absolute atomic E-state index is 12.1. The summed E-state index contributed by atoms with van der Waals surface area (Å²) in [5.74, 6) is -0.544. The fourth-order valence-corrected chi connectivity index (χ4v) is 1.90. The van der Waals surface area contributed by atoms with Crippen molar-refractivity contribution < 1.29 is 9.53 Å². The van der Waals surface area contributed by atoms with Crippen LogP contribution in [0.15, 0.2) is 29.1 Å². The minimum absolute atomic E-state index is 0.159. The van der Waals surface area contributed by atoms with Crippen LogP contribution in [0.3, 0.4) is 0 Å². The minimum atomic E-state index is -0.544. The van der Waals surface area contributed by atoms with Gasteiger partial charge in [-0.05, 0) is 32.0 Å². The van der Waals surface area contributed by atoms with E-state index in [4.69, 9.17) is 16.3 Å². The number of aromatic amines is 1. The van der Waals surface area contributed by atoms with Gasteiger partial charge in [0.15, 0.2) is 0 Å². The number of halogens is 1. The zero-order valence-electron chi connectivity index (χ0n) is 10.6. The van der Waals surface area contributed by atoms with Crippen LogP contribution in [0.2, 0.25) is 5.02 Å². The summed E-state index contributed by atoms with van der Waals surface area (Å²) in [5, 5.41) is 3.26. The molecule has 0 fully saturated rings. The van der Waals surface area contributed by atoms with E-state index >= 15 is 0 Å². The Morgan fingerprint density at radius 1 is 1.47 bits per heavy atom. The summed E-state index contributed by atoms with van der Waals surface area (Å²) in [6.07, 6.45) is 0. The largest absolute Gasteiger partial charge is 0.461 e. The first kappa shape index (κ1) is 13.4. The number of nitrogens with zero attached hydrogens (tertiary/aromatic N) is 1. The summed E-state index contributed by atoms with van der Waals surface area (Å²) in [6.45, 7) is 3.54. The van der Waals surface area contributed by atoms with Crippen LogP contribution in [0, 0.1) is 6.92 Å². The summed E-state index contributed by atoms with van der Waals surface area (Å²) in [6, 6.07) is 6.79. The molecular formula is C13H13ClN2O3. The van der Waals surface area contributed by atoms with Crippen LogP contribution in [0.4, 0.5) is 0 Å². The predicted octanol–water partition coefficient (Wildman–Crippen LogP) is 2.30. The molecule has 0 saturated carbocycles. The van der Waals surface area contributed by atoms with Crippen molar-refractivity contribution in [3.63, 3.8) is 0 Å². The number of esters is 1. The molecule has 19 heavy (non-hydrogen) atoms. The molecule has 0 saturated heterocycles. The van der Waals surface area contributed by atoms with Crippen molar-refractivity contribution in [2.75, 3.05) is 6.61 Å². The maximum Gasteiger partial charge on any atom is 0.356 e. The van der Waals surface area contributed by atoms with Gasteiger partial charge in [-0.2, -0.15) is 0 Å². The molecule has 100 valence electrons. The molecule has 1 aromatic heterocycles. The van der Waals surface area contributed by atoms with E-state index in [-0.39, 0.29) is 17.9 Å². The summed E-state index contributed by atoms with van der Waals surface area (Å²) in [5.41, 5.74) is 0.742. The Morgan fingerprint density at radius 3 is 2.84 bits per heavy atom. The molecule has 1 heterocycles. The molecule has 0 amide bonds. The third kappa shape index (κ3) is 2.56. The van der Waals surface area contributed by atoms with Crippen molar-refractivity contribution in [1.82, 2.24) is 9.78 Å². The molecule has 1 N–H and O–H groups in total. The highest BCUT2D eigenvalue weighted by Crippen LogP contribution is 2.14. The second-order valence-electron chi connectivity index (χ2n) is 3.95. The molecule has 6 heteroatoms. The Hall–Kier alpha value is -2.01. The summed E-state index contributed by atoms with van der Waals surface area (Å²) >= 11 is 5.89. The number of nitrogens with one attached hydrogen (secondary N) is 1. The van der Waals surface area contributed by atoms with E-state index < -0.39 is 5.97 Å². The number of ether oxygens (including phenoxy) is 1. The van der Waals surface area contributed by atoms with Gasteiger partial charge in [-0.1, -0.05) is 17.7 Å². The smallest absolute Gasteiger partial charge is 0.356 e. The van der Waals surface area contributed by atoms with E-state index in [1.807, 2.05) is 0 Å². The van der Waals surface area contributed by atoms with E-state index in [0.717, 1.165) is 0 Å². The van der Waals surface area contributed by atoms with E-state index in [0.29, 0.717) is 16.3 Å². The molecule has 0 bridgehead atoms. The Bertz CT molecular complexity index is 673. The van der Waals surface area contributed by atoms with Gasteiger partial charge in [-0.25, -0.2) is 9.48 Å². The number of benzene rings is 1. The summed E-state index contributed by atoms with van der Waals surface area (Å²) in [7, 11) is 0. The molecule has 2 aromatic rings. The second kappa shape index (κ2) is 5.32. The van der Waals surface area contributed by atoms with Crippen LogP contribution in [0.5, 0.6) is 0 Å². The molecule has 0 aliphatic carbocycles. The van der Waals surface area contributed by atoms with Gasteiger partial charge in [-0.3, -0.25) is 9.89 Å². The lowest BCUT2D eigenvalue weighted by molar-refractivity contribution is 0.0518. The lowest BCUT2D eigenvalue weighted by Crippen LogP contribution is -2.15. The number of carbonyl (C=O) groups excluding carboxylic acids is 1. The van der Waals surface area contributed by atoms with Crippen LogP contribution in [-0.2, 0) is 4.74 Å². The minimum Gasteiger partial charge on any atom is -0.461 e. The first-order valence-corrected chi connectivity index (χ1v) is 6.17. The molecule has 2 rings (SSSR count). The number of hydrogen-bond acceptors (Lipinski definition) is 3. The lowest BCUT2D eigenvalue weighted by Gasteiger charge is -2.02. The SMILES string of the molecule is CCOC(=O)c1[nH]n(-c2cccc(Cl)c2)c(=O)c1C. The van der Waals surface area contributed by atoms with Gasteiger partial charge in [0, 0.05) is 10.6 Å². The summed E-state index contributed by atoms with van der Waals surface area (Å²) < 4.78 is 6.16. The van der Waals surface area contributed by atoms with Crippen molar-refractivity contribution >= 4 is 17.6 Å². The van der Waals surface area contributed by atoms with E-state index in [9.17, 15) is 9.59 Å². The fraction of sp³-hybridized carbons (Fsp3) is 0.231. The number of hydrogen-bond donors (Lipinski definition) is 1. The number of aromatic nitrogens is 2. The van der Waals surface area contributed by atoms with E-state index in [1.165, 1.54) is 4.68 Å². The first-order valence-electron chi connectivity index (χ1n) is 5.79.